The molecule has 0 bridgehead atoms. The molecule has 0 aliphatic rings. The van der Waals surface area contributed by atoms with Crippen LogP contribution < -0.4 is 15.2 Å². The van der Waals surface area contributed by atoms with Gasteiger partial charge >= 0.3 is 0 Å². The molecule has 0 fully saturated rings. The second-order valence-corrected chi connectivity index (χ2v) is 10.8. The Morgan fingerprint density at radius 1 is 0.974 bits per heavy atom. The van der Waals surface area contributed by atoms with E-state index in [0.717, 1.165) is 16.7 Å². The maximum Gasteiger partial charge on any atom is 0.184 e. The van der Waals surface area contributed by atoms with Gasteiger partial charge in [0.1, 0.15) is 10.7 Å². The van der Waals surface area contributed by atoms with Gasteiger partial charge in [-0.2, -0.15) is 0 Å². The number of methoxy groups -OCH3 is 2. The molecule has 0 spiro atoms. The van der Waals surface area contributed by atoms with E-state index in [1.165, 1.54) is 11.3 Å². The molecular formula is C31H31ClN2O4S. The molecule has 8 heteroatoms. The lowest BCUT2D eigenvalue weighted by Gasteiger charge is -2.16. The number of aryl methyl sites for hydroxylation is 2. The van der Waals surface area contributed by atoms with Crippen LogP contribution in [0, 0.1) is 12.8 Å². The van der Waals surface area contributed by atoms with Gasteiger partial charge in [-0.15, -0.1) is 11.3 Å². The van der Waals surface area contributed by atoms with Crippen LogP contribution >= 0.6 is 22.9 Å². The number of aromatic nitrogens is 1. The zero-order valence-corrected chi connectivity index (χ0v) is 23.9. The van der Waals surface area contributed by atoms with Crippen molar-refractivity contribution in [1.29, 1.82) is 0 Å². The smallest absolute Gasteiger partial charge is 0.184 e. The monoisotopic (exact) mass is 562 g/mol. The second kappa shape index (κ2) is 12.5. The first-order valence-corrected chi connectivity index (χ1v) is 13.8. The average molecular weight is 563 g/mol. The fourth-order valence-corrected chi connectivity index (χ4v) is 5.57. The Balaban J connectivity index is 1.56. The van der Waals surface area contributed by atoms with Gasteiger partial charge in [-0.3, -0.25) is 9.59 Å². The largest absolute Gasteiger partial charge is 0.493 e. The summed E-state index contributed by atoms with van der Waals surface area (Å²) in [7, 11) is 3.20. The number of carbonyl (C=O) groups is 2. The van der Waals surface area contributed by atoms with Crippen molar-refractivity contribution in [3.05, 3.63) is 104 Å². The Kier molecular flexibility index (Phi) is 9.04. The lowest BCUT2D eigenvalue weighted by molar-refractivity contribution is 0.0916. The summed E-state index contributed by atoms with van der Waals surface area (Å²) in [4.78, 5) is 31.8. The summed E-state index contributed by atoms with van der Waals surface area (Å²) >= 11 is 7.44. The summed E-state index contributed by atoms with van der Waals surface area (Å²) in [6.45, 7) is 3.76. The Morgan fingerprint density at radius 3 is 2.36 bits per heavy atom. The topological polar surface area (TPSA) is 91.5 Å². The minimum atomic E-state index is -0.668. The molecule has 4 rings (SSSR count). The molecule has 2 N–H and O–H groups in total. The van der Waals surface area contributed by atoms with E-state index in [-0.39, 0.29) is 17.5 Å². The van der Waals surface area contributed by atoms with Gasteiger partial charge in [-0.25, -0.2) is 4.98 Å². The van der Waals surface area contributed by atoms with Crippen molar-refractivity contribution < 1.29 is 19.1 Å². The number of ether oxygens (including phenoxy) is 2. The Labute approximate surface area is 237 Å². The van der Waals surface area contributed by atoms with E-state index in [9.17, 15) is 9.59 Å². The Hall–Kier alpha value is -3.68. The molecule has 39 heavy (non-hydrogen) atoms. The van der Waals surface area contributed by atoms with Crippen molar-refractivity contribution in [2.45, 2.75) is 32.6 Å². The molecule has 0 aliphatic heterocycles. The summed E-state index contributed by atoms with van der Waals surface area (Å²) in [6.07, 6.45) is 1.35. The van der Waals surface area contributed by atoms with Crippen LogP contribution in [0.5, 0.6) is 11.5 Å². The van der Waals surface area contributed by atoms with Crippen LogP contribution in [0.15, 0.2) is 66.0 Å². The quantitative estimate of drug-likeness (QED) is 0.154. The van der Waals surface area contributed by atoms with Gasteiger partial charge in [0.2, 0.25) is 0 Å². The van der Waals surface area contributed by atoms with Crippen LogP contribution in [0.1, 0.15) is 61.8 Å². The maximum atomic E-state index is 13.8. The van der Waals surface area contributed by atoms with Crippen LogP contribution in [-0.4, -0.2) is 30.8 Å². The van der Waals surface area contributed by atoms with Gasteiger partial charge in [-0.1, -0.05) is 36.7 Å². The normalized spacial score (nSPS) is 12.5. The number of rotatable bonds is 11. The fourth-order valence-electron chi connectivity index (χ4n) is 4.52. The van der Waals surface area contributed by atoms with Crippen LogP contribution in [-0.2, 0) is 6.42 Å². The van der Waals surface area contributed by atoms with Crippen LogP contribution in [0.4, 0.5) is 5.69 Å². The van der Waals surface area contributed by atoms with Gasteiger partial charge in [0, 0.05) is 27.6 Å². The maximum absolute atomic E-state index is 13.8. The van der Waals surface area contributed by atoms with E-state index in [1.54, 1.807) is 49.9 Å². The molecule has 3 aromatic carbocycles. The molecule has 1 heterocycles. The number of nitrogen functional groups attached to an aromatic ring is 1. The molecule has 6 nitrogen and oxygen atoms in total. The van der Waals surface area contributed by atoms with E-state index in [1.807, 2.05) is 44.2 Å². The molecule has 1 aromatic heterocycles. The highest BCUT2D eigenvalue weighted by Gasteiger charge is 2.29. The van der Waals surface area contributed by atoms with E-state index in [4.69, 9.17) is 26.8 Å². The number of ketones is 2. The van der Waals surface area contributed by atoms with Crippen LogP contribution in [0.25, 0.3) is 0 Å². The van der Waals surface area contributed by atoms with Gasteiger partial charge in [0.15, 0.2) is 23.1 Å². The predicted molar refractivity (Wildman–Crippen MR) is 157 cm³/mol. The molecule has 0 amide bonds. The molecule has 2 atom stereocenters. The van der Waals surface area contributed by atoms with Crippen molar-refractivity contribution in [2.24, 2.45) is 5.92 Å². The van der Waals surface area contributed by atoms with E-state index < -0.39 is 5.92 Å². The first-order chi connectivity index (χ1) is 18.7. The third-order valence-corrected chi connectivity index (χ3v) is 7.93. The molecule has 0 aliphatic carbocycles. The van der Waals surface area contributed by atoms with Gasteiger partial charge in [-0.05, 0) is 78.9 Å². The van der Waals surface area contributed by atoms with E-state index >= 15 is 0 Å². The third kappa shape index (κ3) is 6.49. The Bertz CT molecular complexity index is 1480. The standard InChI is InChI=1S/C31H31ClN2O4S/c1-18(5-6-20-7-14-26(37-3)27(16-20)38-4)29(35)25-17-39-31(34-25)28(21-8-10-22(32)11-9-21)30(36)24-13-12-23(33)15-19(24)2/h7-18,28H,5-6,33H2,1-4H3. The molecule has 202 valence electrons. The van der Waals surface area contributed by atoms with Gasteiger partial charge in [0.05, 0.1) is 20.1 Å². The number of Topliss-reactive ketones (excluding diaryl/α,β-unsaturated/α-hetero) is 2. The van der Waals surface area contributed by atoms with Crippen molar-refractivity contribution in [2.75, 3.05) is 20.0 Å². The molecule has 0 saturated carbocycles. The summed E-state index contributed by atoms with van der Waals surface area (Å²) in [5, 5.41) is 2.89. The number of hydrogen-bond donors (Lipinski definition) is 1. The molecular weight excluding hydrogens is 532 g/mol. The highest BCUT2D eigenvalue weighted by Crippen LogP contribution is 2.34. The predicted octanol–water partition coefficient (Wildman–Crippen LogP) is 7.17. The fraction of sp³-hybridized carbons (Fsp3) is 0.258. The van der Waals surface area contributed by atoms with Gasteiger partial charge < -0.3 is 15.2 Å². The molecule has 0 saturated heterocycles. The first kappa shape index (κ1) is 28.3. The van der Waals surface area contributed by atoms with E-state index in [2.05, 4.69) is 4.98 Å². The minimum absolute atomic E-state index is 0.0519. The molecule has 2 unspecified atom stereocenters. The van der Waals surface area contributed by atoms with Crippen LogP contribution in [0.2, 0.25) is 5.02 Å². The summed E-state index contributed by atoms with van der Waals surface area (Å²) in [5.74, 6) is 0.246. The third-order valence-electron chi connectivity index (χ3n) is 6.76. The lowest BCUT2D eigenvalue weighted by atomic mass is 9.89. The average Bonchev–Trinajstić information content (AvgIpc) is 3.41. The van der Waals surface area contributed by atoms with Crippen molar-refractivity contribution in [3.8, 4) is 11.5 Å². The number of thiazole rings is 1. The number of halogens is 1. The van der Waals surface area contributed by atoms with Crippen molar-refractivity contribution in [3.63, 3.8) is 0 Å². The first-order valence-electron chi connectivity index (χ1n) is 12.6. The SMILES string of the molecule is COc1ccc(CCC(C)C(=O)c2csc(C(C(=O)c3ccc(N)cc3C)c3ccc(Cl)cc3)n2)cc1OC. The summed E-state index contributed by atoms with van der Waals surface area (Å²) in [6, 6.07) is 18.2. The summed E-state index contributed by atoms with van der Waals surface area (Å²) < 4.78 is 10.7. The highest BCUT2D eigenvalue weighted by atomic mass is 35.5. The lowest BCUT2D eigenvalue weighted by Crippen LogP contribution is -2.17. The number of nitrogens with zero attached hydrogens (tertiary/aromatic N) is 1. The number of carbonyl (C=O) groups excluding carboxylic acids is 2. The van der Waals surface area contributed by atoms with Gasteiger partial charge in [0.25, 0.3) is 0 Å². The number of benzene rings is 3. The van der Waals surface area contributed by atoms with E-state index in [0.29, 0.717) is 51.3 Å². The Morgan fingerprint density at radius 2 is 1.69 bits per heavy atom. The number of anilines is 1. The highest BCUT2D eigenvalue weighted by molar-refractivity contribution is 7.10. The zero-order chi connectivity index (χ0) is 28.1. The van der Waals surface area contributed by atoms with Crippen LogP contribution in [0.3, 0.4) is 0 Å². The van der Waals surface area contributed by atoms with Crippen molar-refractivity contribution >= 4 is 40.2 Å². The summed E-state index contributed by atoms with van der Waals surface area (Å²) in [5.41, 5.74) is 10.0. The second-order valence-electron chi connectivity index (χ2n) is 9.49. The number of nitrogens with two attached hydrogens (primary N) is 1. The molecule has 0 radical (unpaired) electrons. The zero-order valence-electron chi connectivity index (χ0n) is 22.4. The minimum Gasteiger partial charge on any atom is -0.493 e. The van der Waals surface area contributed by atoms with Crippen molar-refractivity contribution in [1.82, 2.24) is 4.98 Å². The number of hydrogen-bond acceptors (Lipinski definition) is 7. The molecule has 4 aromatic rings.